The van der Waals surface area contributed by atoms with Crippen LogP contribution in [-0.4, -0.2) is 23.7 Å². The van der Waals surface area contributed by atoms with E-state index >= 15 is 0 Å². The van der Waals surface area contributed by atoms with Crippen molar-refractivity contribution in [1.82, 2.24) is 4.90 Å². The number of thioether (sulfide) groups is 1. The van der Waals surface area contributed by atoms with Gasteiger partial charge in [-0.25, -0.2) is 0 Å². The largest absolute Gasteiger partial charge is 0.468 e. The van der Waals surface area contributed by atoms with Gasteiger partial charge in [0.25, 0.3) is 0 Å². The van der Waals surface area contributed by atoms with E-state index < -0.39 is 0 Å². The number of carbonyl (C=O) groups excluding carboxylic acids is 1. The van der Waals surface area contributed by atoms with Crippen LogP contribution in [0.3, 0.4) is 0 Å². The van der Waals surface area contributed by atoms with Crippen LogP contribution in [0.1, 0.15) is 12.7 Å². The third kappa shape index (κ3) is 2.81. The Hall–Kier alpha value is -0.900. The first-order valence-corrected chi connectivity index (χ1v) is 4.98. The quantitative estimate of drug-likeness (QED) is 0.552. The monoisotopic (exact) mass is 199 g/mol. The van der Waals surface area contributed by atoms with E-state index in [2.05, 4.69) is 0 Å². The molecule has 0 spiro atoms. The summed E-state index contributed by atoms with van der Waals surface area (Å²) in [5.41, 5.74) is 0. The second-order valence-corrected chi connectivity index (χ2v) is 3.82. The average Bonchev–Trinajstić information content (AvgIpc) is 2.47. The highest BCUT2D eigenvalue weighted by Crippen LogP contribution is 2.23. The second kappa shape index (κ2) is 4.37. The van der Waals surface area contributed by atoms with Gasteiger partial charge in [-0.2, -0.15) is 0 Å². The zero-order valence-corrected chi connectivity index (χ0v) is 8.85. The van der Waals surface area contributed by atoms with E-state index in [9.17, 15) is 4.79 Å². The molecule has 1 aromatic rings. The van der Waals surface area contributed by atoms with Gasteiger partial charge in [0.2, 0.25) is 5.91 Å². The van der Waals surface area contributed by atoms with Crippen LogP contribution in [0.15, 0.2) is 21.6 Å². The maximum atomic E-state index is 10.9. The molecule has 13 heavy (non-hydrogen) atoms. The summed E-state index contributed by atoms with van der Waals surface area (Å²) in [5, 5.41) is 0. The molecule has 0 saturated heterocycles. The Morgan fingerprint density at radius 3 is 2.85 bits per heavy atom. The van der Waals surface area contributed by atoms with Crippen LogP contribution < -0.4 is 0 Å². The maximum absolute atomic E-state index is 10.9. The zero-order valence-electron chi connectivity index (χ0n) is 8.03. The van der Waals surface area contributed by atoms with Crippen molar-refractivity contribution in [1.29, 1.82) is 0 Å². The molecular formula is C9H13NO2S. The van der Waals surface area contributed by atoms with Crippen LogP contribution in [0, 0.1) is 6.92 Å². The van der Waals surface area contributed by atoms with Crippen molar-refractivity contribution in [3.05, 3.63) is 18.1 Å². The number of nitrogens with zero attached hydrogens (tertiary/aromatic N) is 1. The average molecular weight is 199 g/mol. The van der Waals surface area contributed by atoms with Gasteiger partial charge in [-0.15, -0.1) is 11.8 Å². The van der Waals surface area contributed by atoms with Crippen molar-refractivity contribution >= 4 is 17.7 Å². The van der Waals surface area contributed by atoms with Crippen molar-refractivity contribution in [2.45, 2.75) is 18.7 Å². The number of amides is 1. The van der Waals surface area contributed by atoms with Crippen LogP contribution in [0.4, 0.5) is 0 Å². The predicted molar refractivity (Wildman–Crippen MR) is 52.6 cm³/mol. The van der Waals surface area contributed by atoms with Gasteiger partial charge in [0.05, 0.1) is 17.0 Å². The summed E-state index contributed by atoms with van der Waals surface area (Å²) in [7, 11) is 1.78. The molecule has 0 radical (unpaired) electrons. The minimum atomic E-state index is 0.0775. The van der Waals surface area contributed by atoms with E-state index in [0.717, 1.165) is 10.7 Å². The van der Waals surface area contributed by atoms with E-state index in [1.165, 1.54) is 0 Å². The fourth-order valence-corrected chi connectivity index (χ4v) is 1.70. The third-order valence-electron chi connectivity index (χ3n) is 1.76. The molecule has 0 aromatic carbocycles. The molecular weight excluding hydrogens is 186 g/mol. The molecule has 0 fully saturated rings. The summed E-state index contributed by atoms with van der Waals surface area (Å²) in [4.78, 5) is 13.6. The fourth-order valence-electron chi connectivity index (χ4n) is 0.780. The van der Waals surface area contributed by atoms with Gasteiger partial charge in [-0.1, -0.05) is 0 Å². The van der Waals surface area contributed by atoms with E-state index in [4.69, 9.17) is 4.42 Å². The van der Waals surface area contributed by atoms with Crippen molar-refractivity contribution in [3.8, 4) is 0 Å². The topological polar surface area (TPSA) is 33.5 Å². The Bertz CT molecular complexity index is 296. The van der Waals surface area contributed by atoms with Crippen molar-refractivity contribution in [3.63, 3.8) is 0 Å². The van der Waals surface area contributed by atoms with Crippen molar-refractivity contribution < 1.29 is 9.21 Å². The Balaban J connectivity index is 2.44. The summed E-state index contributed by atoms with van der Waals surface area (Å²) in [6.45, 7) is 3.47. The number of hydrogen-bond donors (Lipinski definition) is 0. The number of aryl methyl sites for hydroxylation is 1. The van der Waals surface area contributed by atoms with Gasteiger partial charge in [0, 0.05) is 14.0 Å². The molecule has 1 aromatic heterocycles. The molecule has 0 N–H and O–H groups in total. The first kappa shape index (κ1) is 10.2. The summed E-state index contributed by atoms with van der Waals surface area (Å²) in [6.07, 6.45) is 1.66. The highest BCUT2D eigenvalue weighted by Gasteiger charge is 2.05. The first-order chi connectivity index (χ1) is 6.11. The molecule has 0 aliphatic carbocycles. The van der Waals surface area contributed by atoms with E-state index in [0.29, 0.717) is 5.88 Å². The first-order valence-electron chi connectivity index (χ1n) is 4.00. The van der Waals surface area contributed by atoms with Gasteiger partial charge in [0.1, 0.15) is 5.76 Å². The smallest absolute Gasteiger partial charge is 0.219 e. The van der Waals surface area contributed by atoms with Gasteiger partial charge < -0.3 is 9.32 Å². The molecule has 1 heterocycles. The van der Waals surface area contributed by atoms with Gasteiger partial charge in [-0.05, 0) is 13.0 Å². The van der Waals surface area contributed by atoms with Gasteiger partial charge in [-0.3, -0.25) is 4.79 Å². The van der Waals surface area contributed by atoms with Crippen LogP contribution >= 0.6 is 11.8 Å². The molecule has 0 atom stereocenters. The zero-order chi connectivity index (χ0) is 9.84. The van der Waals surface area contributed by atoms with Crippen LogP contribution in [0.2, 0.25) is 0 Å². The van der Waals surface area contributed by atoms with E-state index in [1.807, 2.05) is 13.0 Å². The lowest BCUT2D eigenvalue weighted by molar-refractivity contribution is -0.126. The minimum absolute atomic E-state index is 0.0775. The summed E-state index contributed by atoms with van der Waals surface area (Å²) in [6, 6.07) is 1.91. The Kier molecular flexibility index (Phi) is 3.42. The molecule has 1 amide bonds. The summed E-state index contributed by atoms with van der Waals surface area (Å²) in [5.74, 6) is 1.64. The van der Waals surface area contributed by atoms with Crippen molar-refractivity contribution in [2.75, 3.05) is 12.9 Å². The fraction of sp³-hybridized carbons (Fsp3) is 0.444. The van der Waals surface area contributed by atoms with E-state index in [1.54, 1.807) is 36.9 Å². The molecule has 0 aliphatic rings. The number of hydrogen-bond acceptors (Lipinski definition) is 3. The Morgan fingerprint density at radius 2 is 2.38 bits per heavy atom. The second-order valence-electron chi connectivity index (χ2n) is 2.83. The van der Waals surface area contributed by atoms with Gasteiger partial charge in [0.15, 0.2) is 0 Å². The van der Waals surface area contributed by atoms with Crippen molar-refractivity contribution in [2.24, 2.45) is 0 Å². The molecule has 3 nitrogen and oxygen atoms in total. The van der Waals surface area contributed by atoms with Crippen LogP contribution in [-0.2, 0) is 4.79 Å². The lowest BCUT2D eigenvalue weighted by Gasteiger charge is -2.13. The van der Waals surface area contributed by atoms with Crippen LogP contribution in [0.25, 0.3) is 0 Å². The lowest BCUT2D eigenvalue weighted by atomic mass is 10.5. The number of furan rings is 1. The number of rotatable bonds is 3. The molecule has 4 heteroatoms. The Morgan fingerprint density at radius 1 is 1.69 bits per heavy atom. The maximum Gasteiger partial charge on any atom is 0.219 e. The standard InChI is InChI=1S/C9H13NO2S/c1-7-9(4-5-12-7)13-6-10(3)8(2)11/h4-5H,6H2,1-3H3. The molecule has 0 saturated carbocycles. The SMILES string of the molecule is CC(=O)N(C)CSc1ccoc1C. The predicted octanol–water partition coefficient (Wildman–Crippen LogP) is 2.12. The molecule has 0 aliphatic heterocycles. The molecule has 72 valence electrons. The normalized spacial score (nSPS) is 10.1. The third-order valence-corrected chi connectivity index (χ3v) is 3.01. The molecule has 0 bridgehead atoms. The lowest BCUT2D eigenvalue weighted by Crippen LogP contribution is -2.22. The highest BCUT2D eigenvalue weighted by molar-refractivity contribution is 7.99. The minimum Gasteiger partial charge on any atom is -0.468 e. The summed E-state index contributed by atoms with van der Waals surface area (Å²) >= 11 is 1.60. The van der Waals surface area contributed by atoms with Gasteiger partial charge >= 0.3 is 0 Å². The Labute approximate surface area is 82.1 Å². The van der Waals surface area contributed by atoms with E-state index in [-0.39, 0.29) is 5.91 Å². The summed E-state index contributed by atoms with van der Waals surface area (Å²) < 4.78 is 5.13. The number of carbonyl (C=O) groups is 1. The molecule has 0 unspecified atom stereocenters. The van der Waals surface area contributed by atoms with Crippen LogP contribution in [0.5, 0.6) is 0 Å². The highest BCUT2D eigenvalue weighted by atomic mass is 32.2. The molecule has 1 rings (SSSR count).